The van der Waals surface area contributed by atoms with Gasteiger partial charge in [-0.05, 0) is 34.9 Å². The Labute approximate surface area is 153 Å². The summed E-state index contributed by atoms with van der Waals surface area (Å²) in [5.41, 5.74) is 1.07. The highest BCUT2D eigenvalue weighted by atomic mass is 16.2. The quantitative estimate of drug-likeness (QED) is 0.732. The Morgan fingerprint density at radius 3 is 2.65 bits per heavy atom. The van der Waals surface area contributed by atoms with Gasteiger partial charge < -0.3 is 9.80 Å². The predicted molar refractivity (Wildman–Crippen MR) is 103 cm³/mol. The van der Waals surface area contributed by atoms with Gasteiger partial charge in [0.05, 0.1) is 6.42 Å². The maximum Gasteiger partial charge on any atom is 0.227 e. The molecule has 5 heteroatoms. The molecule has 1 aromatic heterocycles. The molecule has 1 amide bonds. The standard InChI is InChI=1S/C21H22N4O/c26-21(16-17-8-9-18-5-1-2-6-19(18)15-17)25-12-4-11-24(13-14-25)20-7-3-10-22-23-20/h1-3,5-10,15H,4,11-14,16H2. The van der Waals surface area contributed by atoms with Gasteiger partial charge in [0, 0.05) is 32.4 Å². The molecule has 1 fully saturated rings. The number of carbonyl (C=O) groups is 1. The fourth-order valence-corrected chi connectivity index (χ4v) is 3.49. The fraction of sp³-hybridized carbons (Fsp3) is 0.286. The lowest BCUT2D eigenvalue weighted by Crippen LogP contribution is -2.36. The molecule has 0 atom stereocenters. The molecule has 0 spiro atoms. The SMILES string of the molecule is O=C(Cc1ccc2ccccc2c1)N1CCCN(c2cccnn2)CC1. The Bertz CT molecular complexity index is 897. The molecule has 0 bridgehead atoms. The maximum atomic E-state index is 12.8. The van der Waals surface area contributed by atoms with E-state index in [1.165, 1.54) is 10.8 Å². The van der Waals surface area contributed by atoms with Gasteiger partial charge in [0.2, 0.25) is 5.91 Å². The number of nitrogens with zero attached hydrogens (tertiary/aromatic N) is 4. The summed E-state index contributed by atoms with van der Waals surface area (Å²) in [6, 6.07) is 18.4. The zero-order valence-corrected chi connectivity index (χ0v) is 14.7. The number of hydrogen-bond acceptors (Lipinski definition) is 4. The van der Waals surface area contributed by atoms with E-state index in [0.717, 1.165) is 44.0 Å². The van der Waals surface area contributed by atoms with Crippen molar-refractivity contribution in [2.75, 3.05) is 31.1 Å². The van der Waals surface area contributed by atoms with Gasteiger partial charge in [-0.15, -0.1) is 5.10 Å². The van der Waals surface area contributed by atoms with Crippen molar-refractivity contribution in [1.82, 2.24) is 15.1 Å². The molecule has 0 saturated carbocycles. The smallest absolute Gasteiger partial charge is 0.227 e. The normalized spacial score (nSPS) is 15.1. The van der Waals surface area contributed by atoms with E-state index in [-0.39, 0.29) is 5.91 Å². The van der Waals surface area contributed by atoms with E-state index in [4.69, 9.17) is 0 Å². The zero-order valence-electron chi connectivity index (χ0n) is 14.7. The summed E-state index contributed by atoms with van der Waals surface area (Å²) in [4.78, 5) is 17.0. The van der Waals surface area contributed by atoms with Gasteiger partial charge in [-0.25, -0.2) is 0 Å². The predicted octanol–water partition coefficient (Wildman–Crippen LogP) is 2.91. The first-order chi connectivity index (χ1) is 12.8. The second kappa shape index (κ2) is 7.52. The van der Waals surface area contributed by atoms with Crippen LogP contribution in [0.2, 0.25) is 0 Å². The van der Waals surface area contributed by atoms with Crippen molar-refractivity contribution in [3.05, 3.63) is 66.4 Å². The van der Waals surface area contributed by atoms with Crippen molar-refractivity contribution in [2.24, 2.45) is 0 Å². The van der Waals surface area contributed by atoms with E-state index in [1.54, 1.807) is 6.20 Å². The van der Waals surface area contributed by atoms with Crippen molar-refractivity contribution in [2.45, 2.75) is 12.8 Å². The molecule has 4 rings (SSSR count). The van der Waals surface area contributed by atoms with E-state index in [0.29, 0.717) is 6.42 Å². The Kier molecular flexibility index (Phi) is 4.78. The summed E-state index contributed by atoms with van der Waals surface area (Å²) < 4.78 is 0. The van der Waals surface area contributed by atoms with Crippen molar-refractivity contribution in [3.63, 3.8) is 0 Å². The van der Waals surface area contributed by atoms with E-state index in [9.17, 15) is 4.79 Å². The topological polar surface area (TPSA) is 49.3 Å². The highest BCUT2D eigenvalue weighted by Crippen LogP contribution is 2.17. The molecule has 0 aliphatic carbocycles. The molecule has 1 aliphatic rings. The number of benzene rings is 2. The molecule has 0 unspecified atom stereocenters. The van der Waals surface area contributed by atoms with Gasteiger partial charge in [-0.3, -0.25) is 4.79 Å². The van der Waals surface area contributed by atoms with E-state index in [2.05, 4.69) is 45.4 Å². The van der Waals surface area contributed by atoms with E-state index < -0.39 is 0 Å². The maximum absolute atomic E-state index is 12.8. The monoisotopic (exact) mass is 346 g/mol. The molecule has 0 radical (unpaired) electrons. The van der Waals surface area contributed by atoms with Gasteiger partial charge in [-0.1, -0.05) is 42.5 Å². The molecule has 2 aromatic carbocycles. The number of amides is 1. The first kappa shape index (κ1) is 16.5. The largest absolute Gasteiger partial charge is 0.353 e. The summed E-state index contributed by atoms with van der Waals surface area (Å²) in [6.07, 6.45) is 3.08. The summed E-state index contributed by atoms with van der Waals surface area (Å²) >= 11 is 0. The molecule has 2 heterocycles. The van der Waals surface area contributed by atoms with Crippen LogP contribution in [-0.4, -0.2) is 47.2 Å². The number of carbonyl (C=O) groups excluding carboxylic acids is 1. The number of hydrogen-bond donors (Lipinski definition) is 0. The zero-order chi connectivity index (χ0) is 17.8. The third kappa shape index (κ3) is 3.67. The van der Waals surface area contributed by atoms with Gasteiger partial charge in [0.25, 0.3) is 0 Å². The summed E-state index contributed by atoms with van der Waals surface area (Å²) in [5, 5.41) is 10.5. The summed E-state index contributed by atoms with van der Waals surface area (Å²) in [5.74, 6) is 1.08. The van der Waals surface area contributed by atoms with Gasteiger partial charge in [0.1, 0.15) is 0 Å². The summed E-state index contributed by atoms with van der Waals surface area (Å²) in [7, 11) is 0. The van der Waals surface area contributed by atoms with Crippen LogP contribution in [0.3, 0.4) is 0 Å². The highest BCUT2D eigenvalue weighted by Gasteiger charge is 2.20. The Morgan fingerprint density at radius 2 is 1.81 bits per heavy atom. The third-order valence-electron chi connectivity index (χ3n) is 4.90. The second-order valence-electron chi connectivity index (χ2n) is 6.66. The Balaban J connectivity index is 1.41. The summed E-state index contributed by atoms with van der Waals surface area (Å²) in [6.45, 7) is 3.22. The molecular formula is C21H22N4O. The second-order valence-corrected chi connectivity index (χ2v) is 6.66. The van der Waals surface area contributed by atoms with Crippen LogP contribution in [0.15, 0.2) is 60.8 Å². The number of fused-ring (bicyclic) bond motifs is 1. The Morgan fingerprint density at radius 1 is 0.923 bits per heavy atom. The third-order valence-corrected chi connectivity index (χ3v) is 4.90. The number of rotatable bonds is 3. The van der Waals surface area contributed by atoms with E-state index >= 15 is 0 Å². The lowest BCUT2D eigenvalue weighted by Gasteiger charge is -2.22. The van der Waals surface area contributed by atoms with E-state index in [1.807, 2.05) is 29.2 Å². The lowest BCUT2D eigenvalue weighted by atomic mass is 10.0. The van der Waals surface area contributed by atoms with Gasteiger partial charge in [0.15, 0.2) is 5.82 Å². The lowest BCUT2D eigenvalue weighted by molar-refractivity contribution is -0.130. The molecule has 1 aliphatic heterocycles. The minimum absolute atomic E-state index is 0.196. The van der Waals surface area contributed by atoms with Gasteiger partial charge >= 0.3 is 0 Å². The van der Waals surface area contributed by atoms with Crippen LogP contribution in [-0.2, 0) is 11.2 Å². The molecule has 3 aromatic rings. The highest BCUT2D eigenvalue weighted by molar-refractivity contribution is 5.85. The fourth-order valence-electron chi connectivity index (χ4n) is 3.49. The molecule has 0 N–H and O–H groups in total. The van der Waals surface area contributed by atoms with Crippen LogP contribution in [0.1, 0.15) is 12.0 Å². The minimum Gasteiger partial charge on any atom is -0.353 e. The van der Waals surface area contributed by atoms with Crippen LogP contribution >= 0.6 is 0 Å². The average molecular weight is 346 g/mol. The van der Waals surface area contributed by atoms with Crippen molar-refractivity contribution < 1.29 is 4.79 Å². The molecule has 5 nitrogen and oxygen atoms in total. The van der Waals surface area contributed by atoms with Crippen molar-refractivity contribution >= 4 is 22.5 Å². The average Bonchev–Trinajstić information content (AvgIpc) is 2.95. The molecular weight excluding hydrogens is 324 g/mol. The number of aromatic nitrogens is 2. The molecule has 132 valence electrons. The Hall–Kier alpha value is -2.95. The van der Waals surface area contributed by atoms with Crippen molar-refractivity contribution in [3.8, 4) is 0 Å². The van der Waals surface area contributed by atoms with Crippen molar-refractivity contribution in [1.29, 1.82) is 0 Å². The number of anilines is 1. The molecule has 26 heavy (non-hydrogen) atoms. The van der Waals surface area contributed by atoms with Crippen LogP contribution in [0.5, 0.6) is 0 Å². The van der Waals surface area contributed by atoms with Crippen LogP contribution in [0.25, 0.3) is 10.8 Å². The molecule has 1 saturated heterocycles. The van der Waals surface area contributed by atoms with Crippen LogP contribution in [0, 0.1) is 0 Å². The van der Waals surface area contributed by atoms with Crippen LogP contribution in [0.4, 0.5) is 5.82 Å². The first-order valence-corrected chi connectivity index (χ1v) is 9.08. The minimum atomic E-state index is 0.196. The first-order valence-electron chi connectivity index (χ1n) is 9.08. The van der Waals surface area contributed by atoms with Gasteiger partial charge in [-0.2, -0.15) is 5.10 Å². The van der Waals surface area contributed by atoms with Crippen LogP contribution < -0.4 is 4.90 Å².